The molecule has 2 rings (SSSR count). The van der Waals surface area contributed by atoms with Gasteiger partial charge >= 0.3 is 0 Å². The molecule has 0 bridgehead atoms. The van der Waals surface area contributed by atoms with Crippen molar-refractivity contribution in [1.82, 2.24) is 9.55 Å². The molecule has 2 N–H and O–H groups in total. The number of hydrogen-bond donors (Lipinski definition) is 1. The summed E-state index contributed by atoms with van der Waals surface area (Å²) < 4.78 is 7.77. The Labute approximate surface area is 120 Å². The predicted molar refractivity (Wildman–Crippen MR) is 83.0 cm³/mol. The third-order valence-electron chi connectivity index (χ3n) is 3.12. The molecular formula is C16H23N3O. The largest absolute Gasteiger partial charge is 0.491 e. The van der Waals surface area contributed by atoms with Crippen LogP contribution in [0.2, 0.25) is 0 Å². The van der Waals surface area contributed by atoms with E-state index in [0.717, 1.165) is 22.8 Å². The number of anilines is 1. The van der Waals surface area contributed by atoms with Gasteiger partial charge < -0.3 is 15.0 Å². The summed E-state index contributed by atoms with van der Waals surface area (Å²) in [6.07, 6.45) is 0.151. The van der Waals surface area contributed by atoms with E-state index in [1.54, 1.807) is 0 Å². The predicted octanol–water partition coefficient (Wildman–Crippen LogP) is 3.81. The number of benzene rings is 1. The number of rotatable bonds is 4. The maximum Gasteiger partial charge on any atom is 0.131 e. The molecular weight excluding hydrogens is 250 g/mol. The van der Waals surface area contributed by atoms with Crippen molar-refractivity contribution in [3.63, 3.8) is 0 Å². The van der Waals surface area contributed by atoms with Gasteiger partial charge in [-0.3, -0.25) is 0 Å². The summed E-state index contributed by atoms with van der Waals surface area (Å²) in [4.78, 5) is 4.60. The Balaban J connectivity index is 2.44. The van der Waals surface area contributed by atoms with Crippen molar-refractivity contribution >= 4 is 5.82 Å². The summed E-state index contributed by atoms with van der Waals surface area (Å²) in [5.74, 6) is 2.48. The molecule has 4 nitrogen and oxygen atoms in total. The molecule has 0 amide bonds. The van der Waals surface area contributed by atoms with Gasteiger partial charge in [-0.25, -0.2) is 4.98 Å². The molecule has 0 aliphatic carbocycles. The molecule has 0 spiro atoms. The Morgan fingerprint density at radius 1 is 1.20 bits per heavy atom. The highest BCUT2D eigenvalue weighted by atomic mass is 16.5. The third kappa shape index (κ3) is 2.79. The van der Waals surface area contributed by atoms with Crippen LogP contribution in [0.15, 0.2) is 24.3 Å². The highest BCUT2D eigenvalue weighted by Crippen LogP contribution is 2.30. The van der Waals surface area contributed by atoms with Gasteiger partial charge in [0.2, 0.25) is 0 Å². The summed E-state index contributed by atoms with van der Waals surface area (Å²) in [7, 11) is 0. The fraction of sp³-hybridized carbons (Fsp3) is 0.438. The molecule has 0 saturated carbocycles. The lowest BCUT2D eigenvalue weighted by atomic mass is 10.1. The van der Waals surface area contributed by atoms with E-state index in [9.17, 15) is 0 Å². The van der Waals surface area contributed by atoms with Crippen molar-refractivity contribution in [3.8, 4) is 17.0 Å². The van der Waals surface area contributed by atoms with Crippen LogP contribution in [0.25, 0.3) is 11.3 Å². The molecule has 0 unspecified atom stereocenters. The SMILES string of the molecule is Cc1nc(-c2cccc(OC(C)C)c2)c(N)n1C(C)C. The fourth-order valence-electron chi connectivity index (χ4n) is 2.41. The first-order valence-electron chi connectivity index (χ1n) is 7.01. The van der Waals surface area contributed by atoms with Gasteiger partial charge in [0.15, 0.2) is 0 Å². The monoisotopic (exact) mass is 273 g/mol. The van der Waals surface area contributed by atoms with Crippen LogP contribution in [0, 0.1) is 6.92 Å². The van der Waals surface area contributed by atoms with Crippen LogP contribution >= 0.6 is 0 Å². The van der Waals surface area contributed by atoms with Crippen LogP contribution in [-0.4, -0.2) is 15.7 Å². The third-order valence-corrected chi connectivity index (χ3v) is 3.12. The Morgan fingerprint density at radius 3 is 2.45 bits per heavy atom. The Hall–Kier alpha value is -1.97. The number of nitrogen functional groups attached to an aromatic ring is 1. The number of imidazole rings is 1. The van der Waals surface area contributed by atoms with E-state index in [0.29, 0.717) is 11.9 Å². The first kappa shape index (κ1) is 14.4. The molecule has 4 heteroatoms. The number of aryl methyl sites for hydroxylation is 1. The summed E-state index contributed by atoms with van der Waals surface area (Å²) in [5, 5.41) is 0. The zero-order valence-corrected chi connectivity index (χ0v) is 12.8. The Bertz CT molecular complexity index is 600. The van der Waals surface area contributed by atoms with Crippen LogP contribution in [0.5, 0.6) is 5.75 Å². The smallest absolute Gasteiger partial charge is 0.131 e. The lowest BCUT2D eigenvalue weighted by molar-refractivity contribution is 0.242. The second-order valence-electron chi connectivity index (χ2n) is 5.55. The minimum absolute atomic E-state index is 0.151. The van der Waals surface area contributed by atoms with Crippen molar-refractivity contribution in [1.29, 1.82) is 0 Å². The van der Waals surface area contributed by atoms with Crippen molar-refractivity contribution < 1.29 is 4.74 Å². The summed E-state index contributed by atoms with van der Waals surface area (Å²) in [5.41, 5.74) is 8.06. The van der Waals surface area contributed by atoms with E-state index in [4.69, 9.17) is 10.5 Å². The zero-order chi connectivity index (χ0) is 14.9. The van der Waals surface area contributed by atoms with Crippen molar-refractivity contribution in [3.05, 3.63) is 30.1 Å². The van der Waals surface area contributed by atoms with E-state index in [2.05, 4.69) is 18.8 Å². The topological polar surface area (TPSA) is 53.1 Å². The molecule has 2 aromatic rings. The minimum atomic E-state index is 0.151. The van der Waals surface area contributed by atoms with Crippen LogP contribution in [0.3, 0.4) is 0 Å². The van der Waals surface area contributed by atoms with E-state index < -0.39 is 0 Å². The van der Waals surface area contributed by atoms with Gasteiger partial charge in [0.25, 0.3) is 0 Å². The molecule has 1 heterocycles. The Kier molecular flexibility index (Phi) is 4.02. The first-order chi connectivity index (χ1) is 9.40. The molecule has 0 aliphatic heterocycles. The van der Waals surface area contributed by atoms with E-state index in [-0.39, 0.29) is 6.10 Å². The maximum atomic E-state index is 6.25. The normalized spacial score (nSPS) is 11.3. The molecule has 0 atom stereocenters. The second kappa shape index (κ2) is 5.57. The van der Waals surface area contributed by atoms with Gasteiger partial charge in [-0.1, -0.05) is 12.1 Å². The molecule has 20 heavy (non-hydrogen) atoms. The van der Waals surface area contributed by atoms with Gasteiger partial charge in [-0.05, 0) is 46.8 Å². The van der Waals surface area contributed by atoms with Crippen molar-refractivity contribution in [2.45, 2.75) is 46.8 Å². The number of nitrogens with two attached hydrogens (primary N) is 1. The molecule has 0 fully saturated rings. The summed E-state index contributed by atoms with van der Waals surface area (Å²) in [6.45, 7) is 10.2. The lowest BCUT2D eigenvalue weighted by Gasteiger charge is -2.12. The number of ether oxygens (including phenoxy) is 1. The van der Waals surface area contributed by atoms with Crippen molar-refractivity contribution in [2.24, 2.45) is 0 Å². The second-order valence-corrected chi connectivity index (χ2v) is 5.55. The average Bonchev–Trinajstić information content (AvgIpc) is 2.64. The molecule has 0 saturated heterocycles. The number of hydrogen-bond acceptors (Lipinski definition) is 3. The minimum Gasteiger partial charge on any atom is -0.491 e. The molecule has 108 valence electrons. The zero-order valence-electron chi connectivity index (χ0n) is 12.8. The molecule has 1 aromatic carbocycles. The van der Waals surface area contributed by atoms with Gasteiger partial charge in [0.1, 0.15) is 23.1 Å². The lowest BCUT2D eigenvalue weighted by Crippen LogP contribution is -2.07. The highest BCUT2D eigenvalue weighted by Gasteiger charge is 2.16. The van der Waals surface area contributed by atoms with E-state index in [1.165, 1.54) is 0 Å². The van der Waals surface area contributed by atoms with Gasteiger partial charge in [0.05, 0.1) is 6.10 Å². The van der Waals surface area contributed by atoms with Gasteiger partial charge in [-0.15, -0.1) is 0 Å². The van der Waals surface area contributed by atoms with E-state index >= 15 is 0 Å². The van der Waals surface area contributed by atoms with Crippen LogP contribution in [0.1, 0.15) is 39.6 Å². The summed E-state index contributed by atoms with van der Waals surface area (Å²) >= 11 is 0. The highest BCUT2D eigenvalue weighted by molar-refractivity contribution is 5.72. The Morgan fingerprint density at radius 2 is 1.90 bits per heavy atom. The van der Waals surface area contributed by atoms with E-state index in [1.807, 2.05) is 49.6 Å². The summed E-state index contributed by atoms with van der Waals surface area (Å²) in [6, 6.07) is 8.22. The number of nitrogens with zero attached hydrogens (tertiary/aromatic N) is 2. The van der Waals surface area contributed by atoms with Crippen molar-refractivity contribution in [2.75, 3.05) is 5.73 Å². The number of aromatic nitrogens is 2. The average molecular weight is 273 g/mol. The quantitative estimate of drug-likeness (QED) is 0.921. The molecule has 1 aromatic heterocycles. The fourth-order valence-corrected chi connectivity index (χ4v) is 2.41. The molecule has 0 radical (unpaired) electrons. The van der Waals surface area contributed by atoms with Gasteiger partial charge in [0, 0.05) is 11.6 Å². The van der Waals surface area contributed by atoms with Crippen LogP contribution in [0.4, 0.5) is 5.82 Å². The van der Waals surface area contributed by atoms with Gasteiger partial charge in [-0.2, -0.15) is 0 Å². The van der Waals surface area contributed by atoms with Crippen LogP contribution in [-0.2, 0) is 0 Å². The first-order valence-corrected chi connectivity index (χ1v) is 7.01. The standard InChI is InChI=1S/C16H23N3O/c1-10(2)19-12(5)18-15(16(19)17)13-7-6-8-14(9-13)20-11(3)4/h6-11H,17H2,1-5H3. The van der Waals surface area contributed by atoms with Crippen LogP contribution < -0.4 is 10.5 Å². The molecule has 0 aliphatic rings. The maximum absolute atomic E-state index is 6.25.